The molecule has 0 unspecified atom stereocenters. The van der Waals surface area contributed by atoms with Gasteiger partial charge in [-0.15, -0.1) is 5.10 Å². The van der Waals surface area contributed by atoms with E-state index in [1.807, 2.05) is 55.6 Å². The molecule has 0 spiro atoms. The van der Waals surface area contributed by atoms with Crippen molar-refractivity contribution in [2.45, 2.75) is 39.5 Å². The molecule has 5 aromatic rings. The predicted molar refractivity (Wildman–Crippen MR) is 152 cm³/mol. The van der Waals surface area contributed by atoms with E-state index >= 15 is 0 Å². The van der Waals surface area contributed by atoms with Gasteiger partial charge in [-0.3, -0.25) is 14.7 Å². The van der Waals surface area contributed by atoms with Gasteiger partial charge in [0.25, 0.3) is 5.56 Å². The van der Waals surface area contributed by atoms with Crippen molar-refractivity contribution in [2.24, 2.45) is 0 Å². The number of rotatable bonds is 11. The van der Waals surface area contributed by atoms with Gasteiger partial charge in [0.15, 0.2) is 5.82 Å². The van der Waals surface area contributed by atoms with Crippen LogP contribution in [-0.4, -0.2) is 55.9 Å². The van der Waals surface area contributed by atoms with E-state index < -0.39 is 6.04 Å². The Labute approximate surface area is 232 Å². The Hall–Kier alpha value is -4.41. The standard InChI is InChI=1S/C30H33N7O3/c1-20-14-21(2)27-24(15-20)16-26(30(38)32-27)28(29-33-34-35-37(29)12-13-39-3)36(19-23-6-5-11-31-17-23)18-22-7-9-25(40-4)10-8-22/h5-11,14-17,28H,12-13,18-19H2,1-4H3,(H,32,38)/t28-/m1/s1. The molecule has 10 nitrogen and oxygen atoms in total. The van der Waals surface area contributed by atoms with Crippen LogP contribution < -0.4 is 10.3 Å². The van der Waals surface area contributed by atoms with E-state index in [0.717, 1.165) is 38.9 Å². The highest BCUT2D eigenvalue weighted by atomic mass is 16.5. The molecular formula is C30H33N7O3. The van der Waals surface area contributed by atoms with Crippen molar-refractivity contribution in [2.75, 3.05) is 20.8 Å². The van der Waals surface area contributed by atoms with Gasteiger partial charge in [-0.1, -0.05) is 29.8 Å². The third-order valence-corrected chi connectivity index (χ3v) is 6.95. The summed E-state index contributed by atoms with van der Waals surface area (Å²) in [5, 5.41) is 13.7. The molecular weight excluding hydrogens is 506 g/mol. The van der Waals surface area contributed by atoms with Crippen molar-refractivity contribution in [1.29, 1.82) is 0 Å². The van der Waals surface area contributed by atoms with E-state index in [-0.39, 0.29) is 5.56 Å². The van der Waals surface area contributed by atoms with Gasteiger partial charge in [-0.2, -0.15) is 0 Å². The number of nitrogens with one attached hydrogen (secondary N) is 1. The topological polar surface area (TPSA) is 111 Å². The van der Waals surface area contributed by atoms with Crippen LogP contribution in [0.4, 0.5) is 0 Å². The highest BCUT2D eigenvalue weighted by Crippen LogP contribution is 2.31. The number of nitrogens with zero attached hydrogens (tertiary/aromatic N) is 6. The summed E-state index contributed by atoms with van der Waals surface area (Å²) in [4.78, 5) is 23.5. The lowest BCUT2D eigenvalue weighted by Gasteiger charge is -2.31. The van der Waals surface area contributed by atoms with Crippen molar-refractivity contribution in [3.63, 3.8) is 0 Å². The van der Waals surface area contributed by atoms with Gasteiger partial charge in [-0.25, -0.2) is 4.68 Å². The van der Waals surface area contributed by atoms with E-state index in [0.29, 0.717) is 37.6 Å². The molecule has 0 saturated heterocycles. The molecule has 2 aromatic carbocycles. The number of ether oxygens (including phenoxy) is 2. The Bertz CT molecular complexity index is 1630. The fraction of sp³-hybridized carbons (Fsp3) is 0.300. The lowest BCUT2D eigenvalue weighted by atomic mass is 9.99. The third-order valence-electron chi connectivity index (χ3n) is 6.95. The van der Waals surface area contributed by atoms with Crippen LogP contribution in [0.2, 0.25) is 0 Å². The third kappa shape index (κ3) is 5.93. The average Bonchev–Trinajstić information content (AvgIpc) is 3.41. The molecule has 0 saturated carbocycles. The zero-order valence-electron chi connectivity index (χ0n) is 23.2. The van der Waals surface area contributed by atoms with Gasteiger partial charge in [-0.05, 0) is 76.7 Å². The summed E-state index contributed by atoms with van der Waals surface area (Å²) >= 11 is 0. The summed E-state index contributed by atoms with van der Waals surface area (Å²) in [6, 6.07) is 17.4. The number of aryl methyl sites for hydroxylation is 2. The minimum Gasteiger partial charge on any atom is -0.497 e. The van der Waals surface area contributed by atoms with Crippen LogP contribution >= 0.6 is 0 Å². The van der Waals surface area contributed by atoms with E-state index in [1.165, 1.54) is 0 Å². The van der Waals surface area contributed by atoms with E-state index in [2.05, 4.69) is 49.4 Å². The van der Waals surface area contributed by atoms with Gasteiger partial charge in [0.1, 0.15) is 11.8 Å². The van der Waals surface area contributed by atoms with Crippen molar-refractivity contribution < 1.29 is 9.47 Å². The van der Waals surface area contributed by atoms with Gasteiger partial charge in [0, 0.05) is 38.2 Å². The van der Waals surface area contributed by atoms with Crippen LogP contribution in [0, 0.1) is 13.8 Å². The molecule has 0 aliphatic heterocycles. The molecule has 1 N–H and O–H groups in total. The molecule has 40 heavy (non-hydrogen) atoms. The monoisotopic (exact) mass is 539 g/mol. The fourth-order valence-electron chi connectivity index (χ4n) is 5.08. The number of hydrogen-bond donors (Lipinski definition) is 1. The highest BCUT2D eigenvalue weighted by molar-refractivity contribution is 5.83. The molecule has 1 atom stereocenters. The van der Waals surface area contributed by atoms with Crippen LogP contribution in [0.15, 0.2) is 71.8 Å². The quantitative estimate of drug-likeness (QED) is 0.268. The summed E-state index contributed by atoms with van der Waals surface area (Å²) in [5.41, 5.74) is 5.39. The summed E-state index contributed by atoms with van der Waals surface area (Å²) in [5.74, 6) is 1.34. The predicted octanol–water partition coefficient (Wildman–Crippen LogP) is 3.97. The summed E-state index contributed by atoms with van der Waals surface area (Å²) in [6.07, 6.45) is 3.59. The fourth-order valence-corrected chi connectivity index (χ4v) is 5.08. The maximum Gasteiger partial charge on any atom is 0.253 e. The second-order valence-corrected chi connectivity index (χ2v) is 9.87. The minimum atomic E-state index is -0.567. The zero-order valence-corrected chi connectivity index (χ0v) is 23.2. The maximum absolute atomic E-state index is 13.8. The Morgan fingerprint density at radius 3 is 2.55 bits per heavy atom. The van der Waals surface area contributed by atoms with Gasteiger partial charge < -0.3 is 14.5 Å². The number of hydrogen-bond acceptors (Lipinski definition) is 8. The number of tetrazole rings is 1. The van der Waals surface area contributed by atoms with Crippen LogP contribution in [-0.2, 0) is 24.4 Å². The molecule has 0 bridgehead atoms. The van der Waals surface area contributed by atoms with E-state index in [1.54, 1.807) is 25.1 Å². The number of methoxy groups -OCH3 is 2. The van der Waals surface area contributed by atoms with E-state index in [4.69, 9.17) is 9.47 Å². The largest absolute Gasteiger partial charge is 0.497 e. The number of fused-ring (bicyclic) bond motifs is 1. The Balaban J connectivity index is 1.69. The summed E-state index contributed by atoms with van der Waals surface area (Å²) in [7, 11) is 3.29. The van der Waals surface area contributed by atoms with Crippen LogP contribution in [0.3, 0.4) is 0 Å². The molecule has 3 heterocycles. The van der Waals surface area contributed by atoms with Crippen molar-refractivity contribution in [3.8, 4) is 5.75 Å². The molecule has 0 aliphatic carbocycles. The first-order valence-electron chi connectivity index (χ1n) is 13.1. The SMILES string of the molecule is COCCn1nnnc1[C@@H](c1cc2cc(C)cc(C)c2[nH]c1=O)N(Cc1ccc(OC)cc1)Cc1cccnc1. The summed E-state index contributed by atoms with van der Waals surface area (Å²) < 4.78 is 12.4. The lowest BCUT2D eigenvalue weighted by molar-refractivity contribution is 0.169. The van der Waals surface area contributed by atoms with Crippen molar-refractivity contribution >= 4 is 10.9 Å². The van der Waals surface area contributed by atoms with Crippen LogP contribution in [0.1, 0.15) is 39.7 Å². The lowest BCUT2D eigenvalue weighted by Crippen LogP contribution is -2.35. The average molecular weight is 540 g/mol. The first-order valence-corrected chi connectivity index (χ1v) is 13.1. The molecule has 10 heteroatoms. The van der Waals surface area contributed by atoms with Crippen molar-refractivity contribution in [3.05, 3.63) is 111 Å². The van der Waals surface area contributed by atoms with Gasteiger partial charge in [0.2, 0.25) is 0 Å². The Morgan fingerprint density at radius 1 is 1.02 bits per heavy atom. The number of pyridine rings is 2. The highest BCUT2D eigenvalue weighted by Gasteiger charge is 2.31. The number of H-pyrrole nitrogens is 1. The van der Waals surface area contributed by atoms with Gasteiger partial charge >= 0.3 is 0 Å². The molecule has 206 valence electrons. The van der Waals surface area contributed by atoms with Crippen LogP contribution in [0.5, 0.6) is 5.75 Å². The number of aromatic amines is 1. The number of aromatic nitrogens is 6. The molecule has 0 amide bonds. The second-order valence-electron chi connectivity index (χ2n) is 9.87. The van der Waals surface area contributed by atoms with Gasteiger partial charge in [0.05, 0.1) is 25.8 Å². The zero-order chi connectivity index (χ0) is 28.1. The minimum absolute atomic E-state index is 0.184. The molecule has 0 radical (unpaired) electrons. The first-order chi connectivity index (χ1) is 19.5. The molecule has 5 rings (SSSR count). The normalized spacial score (nSPS) is 12.2. The Kier molecular flexibility index (Phi) is 8.28. The van der Waals surface area contributed by atoms with E-state index in [9.17, 15) is 4.79 Å². The maximum atomic E-state index is 13.8. The smallest absolute Gasteiger partial charge is 0.253 e. The van der Waals surface area contributed by atoms with Crippen molar-refractivity contribution in [1.82, 2.24) is 35.1 Å². The molecule has 0 aliphatic rings. The summed E-state index contributed by atoms with van der Waals surface area (Å²) in [6.45, 7) is 5.96. The number of benzene rings is 2. The van der Waals surface area contributed by atoms with Crippen LogP contribution in [0.25, 0.3) is 10.9 Å². The first kappa shape index (κ1) is 27.2. The molecule has 3 aromatic heterocycles. The molecule has 0 fully saturated rings. The second kappa shape index (κ2) is 12.2. The Morgan fingerprint density at radius 2 is 1.82 bits per heavy atom.